The summed E-state index contributed by atoms with van der Waals surface area (Å²) < 4.78 is 38.1. The molecule has 0 saturated carbocycles. The molecular formula is C14H14F3NO2. The van der Waals surface area contributed by atoms with Crippen molar-refractivity contribution in [1.82, 2.24) is 4.98 Å². The molecule has 2 aromatic rings. The Labute approximate surface area is 113 Å². The Kier molecular flexibility index (Phi) is 3.28. The first-order chi connectivity index (χ1) is 9.11. The number of halogens is 3. The third-order valence-electron chi connectivity index (χ3n) is 3.31. The van der Waals surface area contributed by atoms with Crippen LogP contribution < -0.4 is 0 Å². The number of nitrogens with one attached hydrogen (secondary N) is 1. The maximum atomic E-state index is 12.7. The van der Waals surface area contributed by atoms with Crippen LogP contribution in [0.25, 0.3) is 10.9 Å². The third-order valence-corrected chi connectivity index (χ3v) is 3.31. The van der Waals surface area contributed by atoms with Gasteiger partial charge in [0.15, 0.2) is 0 Å². The van der Waals surface area contributed by atoms with Crippen molar-refractivity contribution >= 4 is 16.9 Å². The van der Waals surface area contributed by atoms with E-state index >= 15 is 0 Å². The normalized spacial score (nSPS) is 12.8. The molecule has 1 aromatic heterocycles. The van der Waals surface area contributed by atoms with Gasteiger partial charge in [0.1, 0.15) is 0 Å². The van der Waals surface area contributed by atoms with E-state index in [1.165, 1.54) is 6.07 Å². The number of carboxylic acids is 1. The van der Waals surface area contributed by atoms with Gasteiger partial charge in [0.25, 0.3) is 0 Å². The number of aromatic amines is 1. The summed E-state index contributed by atoms with van der Waals surface area (Å²) in [5.41, 5.74) is -0.643. The Morgan fingerprint density at radius 1 is 1.30 bits per heavy atom. The lowest BCUT2D eigenvalue weighted by Gasteiger charge is -2.18. The molecule has 0 radical (unpaired) electrons. The van der Waals surface area contributed by atoms with E-state index in [1.807, 2.05) is 0 Å². The van der Waals surface area contributed by atoms with E-state index in [4.69, 9.17) is 5.11 Å². The average molecular weight is 285 g/mol. The second-order valence-electron chi connectivity index (χ2n) is 5.44. The predicted octanol–water partition coefficient (Wildman–Crippen LogP) is 3.84. The molecule has 2 N–H and O–H groups in total. The Hall–Kier alpha value is -1.98. The van der Waals surface area contributed by atoms with Gasteiger partial charge in [-0.15, -0.1) is 0 Å². The molecule has 6 heteroatoms. The molecule has 0 fully saturated rings. The standard InChI is InChI=1S/C14H14F3NO2/c1-13(2,12(19)20)6-8-7-18-11-4-3-9(5-10(8)11)14(15,16)17/h3-5,7,18H,6H2,1-2H3,(H,19,20). The fraction of sp³-hybridized carbons (Fsp3) is 0.357. The van der Waals surface area contributed by atoms with Gasteiger partial charge < -0.3 is 10.1 Å². The summed E-state index contributed by atoms with van der Waals surface area (Å²) in [5.74, 6) is -0.987. The van der Waals surface area contributed by atoms with Crippen molar-refractivity contribution in [1.29, 1.82) is 0 Å². The van der Waals surface area contributed by atoms with Crippen LogP contribution in [0.15, 0.2) is 24.4 Å². The first kappa shape index (κ1) is 14.4. The number of benzene rings is 1. The molecule has 0 bridgehead atoms. The molecular weight excluding hydrogens is 271 g/mol. The van der Waals surface area contributed by atoms with Crippen molar-refractivity contribution in [3.05, 3.63) is 35.5 Å². The van der Waals surface area contributed by atoms with E-state index in [1.54, 1.807) is 20.0 Å². The second kappa shape index (κ2) is 4.54. The van der Waals surface area contributed by atoms with Gasteiger partial charge in [0.05, 0.1) is 11.0 Å². The largest absolute Gasteiger partial charge is 0.481 e. The molecule has 0 atom stereocenters. The van der Waals surface area contributed by atoms with Crippen LogP contribution in [-0.2, 0) is 17.4 Å². The zero-order chi connectivity index (χ0) is 15.1. The first-order valence-corrected chi connectivity index (χ1v) is 6.02. The summed E-state index contributed by atoms with van der Waals surface area (Å²) in [5, 5.41) is 9.52. The minimum atomic E-state index is -4.41. The van der Waals surface area contributed by atoms with Crippen molar-refractivity contribution in [3.63, 3.8) is 0 Å². The summed E-state index contributed by atoms with van der Waals surface area (Å²) in [6, 6.07) is 3.42. The molecule has 2 rings (SSSR count). The number of H-pyrrole nitrogens is 1. The number of fused-ring (bicyclic) bond motifs is 1. The second-order valence-corrected chi connectivity index (χ2v) is 5.44. The highest BCUT2D eigenvalue weighted by Crippen LogP contribution is 2.34. The zero-order valence-corrected chi connectivity index (χ0v) is 11.0. The summed E-state index contributed by atoms with van der Waals surface area (Å²) in [7, 11) is 0. The number of aromatic nitrogens is 1. The van der Waals surface area contributed by atoms with Gasteiger partial charge in [-0.2, -0.15) is 13.2 Å². The molecule has 0 aliphatic rings. The molecule has 1 aromatic carbocycles. The van der Waals surface area contributed by atoms with Crippen LogP contribution in [0, 0.1) is 5.41 Å². The van der Waals surface area contributed by atoms with Gasteiger partial charge in [0, 0.05) is 17.1 Å². The quantitative estimate of drug-likeness (QED) is 0.900. The number of carbonyl (C=O) groups is 1. The van der Waals surface area contributed by atoms with E-state index in [2.05, 4.69) is 4.98 Å². The molecule has 3 nitrogen and oxygen atoms in total. The molecule has 0 aliphatic heterocycles. The van der Waals surface area contributed by atoms with Crippen LogP contribution >= 0.6 is 0 Å². The van der Waals surface area contributed by atoms with Crippen LogP contribution in [0.5, 0.6) is 0 Å². The predicted molar refractivity (Wildman–Crippen MR) is 68.4 cm³/mol. The number of aliphatic carboxylic acids is 1. The van der Waals surface area contributed by atoms with E-state index in [0.29, 0.717) is 16.5 Å². The van der Waals surface area contributed by atoms with Crippen molar-refractivity contribution in [2.75, 3.05) is 0 Å². The fourth-order valence-corrected chi connectivity index (χ4v) is 2.05. The highest BCUT2D eigenvalue weighted by molar-refractivity contribution is 5.85. The van der Waals surface area contributed by atoms with Crippen LogP contribution in [0.3, 0.4) is 0 Å². The minimum Gasteiger partial charge on any atom is -0.481 e. The summed E-state index contributed by atoms with van der Waals surface area (Å²) in [4.78, 5) is 14.0. The zero-order valence-electron chi connectivity index (χ0n) is 11.0. The lowest BCUT2D eigenvalue weighted by Crippen LogP contribution is -2.26. The average Bonchev–Trinajstić information content (AvgIpc) is 2.70. The molecule has 0 amide bonds. The SMILES string of the molecule is CC(C)(Cc1c[nH]c2ccc(C(F)(F)F)cc12)C(=O)O. The molecule has 0 aliphatic carbocycles. The maximum absolute atomic E-state index is 12.7. The van der Waals surface area contributed by atoms with Crippen molar-refractivity contribution < 1.29 is 23.1 Å². The number of carboxylic acid groups (broad SMARTS) is 1. The monoisotopic (exact) mass is 285 g/mol. The van der Waals surface area contributed by atoms with E-state index < -0.39 is 23.1 Å². The molecule has 108 valence electrons. The molecule has 20 heavy (non-hydrogen) atoms. The molecule has 0 saturated heterocycles. The summed E-state index contributed by atoms with van der Waals surface area (Å²) >= 11 is 0. The Balaban J connectivity index is 2.48. The lowest BCUT2D eigenvalue weighted by molar-refractivity contribution is -0.146. The fourth-order valence-electron chi connectivity index (χ4n) is 2.05. The van der Waals surface area contributed by atoms with Gasteiger partial charge >= 0.3 is 12.1 Å². The van der Waals surface area contributed by atoms with Crippen molar-refractivity contribution in [2.24, 2.45) is 5.41 Å². The molecule has 0 unspecified atom stereocenters. The summed E-state index contributed by atoms with van der Waals surface area (Å²) in [6.07, 6.45) is -2.69. The molecule has 1 heterocycles. The number of alkyl halides is 3. The van der Waals surface area contributed by atoms with Gasteiger partial charge in [-0.1, -0.05) is 0 Å². The van der Waals surface area contributed by atoms with Crippen LogP contribution in [0.2, 0.25) is 0 Å². The smallest absolute Gasteiger partial charge is 0.416 e. The van der Waals surface area contributed by atoms with E-state index in [0.717, 1.165) is 12.1 Å². The highest BCUT2D eigenvalue weighted by atomic mass is 19.4. The molecule has 0 spiro atoms. The van der Waals surface area contributed by atoms with Gasteiger partial charge in [-0.05, 0) is 44.0 Å². The van der Waals surface area contributed by atoms with E-state index in [-0.39, 0.29) is 6.42 Å². The van der Waals surface area contributed by atoms with Gasteiger partial charge in [-0.3, -0.25) is 4.79 Å². The van der Waals surface area contributed by atoms with Crippen LogP contribution in [0.1, 0.15) is 25.0 Å². The van der Waals surface area contributed by atoms with Crippen molar-refractivity contribution in [2.45, 2.75) is 26.4 Å². The van der Waals surface area contributed by atoms with Gasteiger partial charge in [-0.25, -0.2) is 0 Å². The van der Waals surface area contributed by atoms with E-state index in [9.17, 15) is 18.0 Å². The Morgan fingerprint density at radius 2 is 1.95 bits per heavy atom. The van der Waals surface area contributed by atoms with Crippen molar-refractivity contribution in [3.8, 4) is 0 Å². The third kappa shape index (κ3) is 2.64. The first-order valence-electron chi connectivity index (χ1n) is 6.02. The Bertz CT molecular complexity index is 656. The van der Waals surface area contributed by atoms with Gasteiger partial charge in [0.2, 0.25) is 0 Å². The Morgan fingerprint density at radius 3 is 2.50 bits per heavy atom. The maximum Gasteiger partial charge on any atom is 0.416 e. The topological polar surface area (TPSA) is 53.1 Å². The number of rotatable bonds is 3. The van der Waals surface area contributed by atoms with Crippen LogP contribution in [0.4, 0.5) is 13.2 Å². The van der Waals surface area contributed by atoms with Crippen LogP contribution in [-0.4, -0.2) is 16.1 Å². The lowest BCUT2D eigenvalue weighted by atomic mass is 9.86. The number of hydrogen-bond donors (Lipinski definition) is 2. The summed E-state index contributed by atoms with van der Waals surface area (Å²) in [6.45, 7) is 3.09. The highest BCUT2D eigenvalue weighted by Gasteiger charge is 2.32. The minimum absolute atomic E-state index is 0.156. The number of hydrogen-bond acceptors (Lipinski definition) is 1.